The van der Waals surface area contributed by atoms with Gasteiger partial charge in [0, 0.05) is 4.47 Å². The van der Waals surface area contributed by atoms with E-state index in [1.54, 1.807) is 25.1 Å². The maximum atomic E-state index is 13.7. The van der Waals surface area contributed by atoms with Crippen molar-refractivity contribution >= 4 is 21.8 Å². The summed E-state index contributed by atoms with van der Waals surface area (Å²) < 4.78 is 32.6. The molecule has 2 atom stereocenters. The molecule has 0 aliphatic rings. The highest BCUT2D eigenvalue weighted by atomic mass is 79.9. The monoisotopic (exact) mass is 383 g/mol. The van der Waals surface area contributed by atoms with Crippen LogP contribution in [-0.2, 0) is 4.79 Å². The summed E-state index contributed by atoms with van der Waals surface area (Å²) >= 11 is 3.15. The van der Waals surface area contributed by atoms with E-state index in [2.05, 4.69) is 21.2 Å². The van der Waals surface area contributed by atoms with Crippen molar-refractivity contribution in [1.29, 1.82) is 0 Å². The first-order valence-electron chi connectivity index (χ1n) is 7.04. The number of halogens is 3. The third-order valence-corrected chi connectivity index (χ3v) is 3.79. The number of rotatable bonds is 5. The van der Waals surface area contributed by atoms with Crippen LogP contribution in [0.3, 0.4) is 0 Å². The minimum Gasteiger partial charge on any atom is -0.478 e. The van der Waals surface area contributed by atoms with E-state index in [-0.39, 0.29) is 23.5 Å². The number of amides is 1. The lowest BCUT2D eigenvalue weighted by molar-refractivity contribution is -0.128. The molecule has 0 fully saturated rings. The van der Waals surface area contributed by atoms with Gasteiger partial charge in [-0.2, -0.15) is 0 Å². The SMILES string of the molecule is C[C@H](NC(=O)[C@@H](C)Oc1ccc(Br)cc1F)c1ccc(F)cc1. The molecule has 1 N–H and O–H groups in total. The normalized spacial score (nSPS) is 13.3. The Hall–Kier alpha value is -1.95. The van der Waals surface area contributed by atoms with Gasteiger partial charge in [-0.1, -0.05) is 28.1 Å². The summed E-state index contributed by atoms with van der Waals surface area (Å²) in [4.78, 5) is 12.1. The van der Waals surface area contributed by atoms with E-state index in [1.807, 2.05) is 0 Å². The average molecular weight is 384 g/mol. The van der Waals surface area contributed by atoms with Crippen LogP contribution in [0, 0.1) is 11.6 Å². The van der Waals surface area contributed by atoms with Gasteiger partial charge in [0.05, 0.1) is 6.04 Å². The topological polar surface area (TPSA) is 38.3 Å². The summed E-state index contributed by atoms with van der Waals surface area (Å²) in [5, 5.41) is 2.75. The first-order valence-corrected chi connectivity index (χ1v) is 7.83. The minimum atomic E-state index is -0.867. The van der Waals surface area contributed by atoms with Gasteiger partial charge >= 0.3 is 0 Å². The molecule has 0 aromatic heterocycles. The number of hydrogen-bond donors (Lipinski definition) is 1. The summed E-state index contributed by atoms with van der Waals surface area (Å²) in [5.41, 5.74) is 0.766. The van der Waals surface area contributed by atoms with Gasteiger partial charge < -0.3 is 10.1 Å². The molecule has 122 valence electrons. The van der Waals surface area contributed by atoms with Gasteiger partial charge in [-0.15, -0.1) is 0 Å². The molecule has 3 nitrogen and oxygen atoms in total. The fourth-order valence-corrected chi connectivity index (χ4v) is 2.31. The summed E-state index contributed by atoms with van der Waals surface area (Å²) in [6, 6.07) is 9.88. The van der Waals surface area contributed by atoms with E-state index in [0.29, 0.717) is 4.47 Å². The molecule has 0 saturated heterocycles. The maximum Gasteiger partial charge on any atom is 0.261 e. The van der Waals surface area contributed by atoms with Gasteiger partial charge in [-0.05, 0) is 49.7 Å². The van der Waals surface area contributed by atoms with Crippen molar-refractivity contribution in [2.75, 3.05) is 0 Å². The molecular weight excluding hydrogens is 368 g/mol. The highest BCUT2D eigenvalue weighted by Gasteiger charge is 2.19. The van der Waals surface area contributed by atoms with E-state index in [1.165, 1.54) is 31.2 Å². The first kappa shape index (κ1) is 17.4. The number of hydrogen-bond acceptors (Lipinski definition) is 2. The molecule has 0 spiro atoms. The Morgan fingerprint density at radius 2 is 1.78 bits per heavy atom. The van der Waals surface area contributed by atoms with Crippen molar-refractivity contribution in [2.24, 2.45) is 0 Å². The zero-order chi connectivity index (χ0) is 17.0. The molecule has 2 aromatic rings. The molecule has 2 aromatic carbocycles. The Balaban J connectivity index is 1.98. The van der Waals surface area contributed by atoms with Crippen LogP contribution in [0.2, 0.25) is 0 Å². The van der Waals surface area contributed by atoms with Crippen LogP contribution in [0.1, 0.15) is 25.5 Å². The Bertz CT molecular complexity index is 691. The second kappa shape index (κ2) is 7.55. The van der Waals surface area contributed by atoms with Crippen LogP contribution in [0.5, 0.6) is 5.75 Å². The largest absolute Gasteiger partial charge is 0.478 e. The molecule has 2 rings (SSSR count). The molecule has 0 radical (unpaired) electrons. The second-order valence-electron chi connectivity index (χ2n) is 5.12. The van der Waals surface area contributed by atoms with Gasteiger partial charge in [0.25, 0.3) is 5.91 Å². The summed E-state index contributed by atoms with van der Waals surface area (Å²) in [5.74, 6) is -1.27. The molecular formula is C17H16BrF2NO2. The number of carbonyl (C=O) groups is 1. The molecule has 0 aliphatic heterocycles. The lowest BCUT2D eigenvalue weighted by Crippen LogP contribution is -2.37. The van der Waals surface area contributed by atoms with Crippen molar-refractivity contribution in [3.63, 3.8) is 0 Å². The van der Waals surface area contributed by atoms with Crippen LogP contribution in [0.25, 0.3) is 0 Å². The second-order valence-corrected chi connectivity index (χ2v) is 6.03. The van der Waals surface area contributed by atoms with Crippen molar-refractivity contribution < 1.29 is 18.3 Å². The molecule has 1 amide bonds. The lowest BCUT2D eigenvalue weighted by atomic mass is 10.1. The van der Waals surface area contributed by atoms with Gasteiger partial charge in [0.1, 0.15) is 5.82 Å². The smallest absolute Gasteiger partial charge is 0.261 e. The van der Waals surface area contributed by atoms with Crippen LogP contribution in [0.4, 0.5) is 8.78 Å². The van der Waals surface area contributed by atoms with E-state index in [9.17, 15) is 13.6 Å². The number of carbonyl (C=O) groups excluding carboxylic acids is 1. The van der Waals surface area contributed by atoms with Crippen molar-refractivity contribution in [1.82, 2.24) is 5.32 Å². The highest BCUT2D eigenvalue weighted by Crippen LogP contribution is 2.22. The van der Waals surface area contributed by atoms with Crippen LogP contribution < -0.4 is 10.1 Å². The minimum absolute atomic E-state index is 0.00489. The van der Waals surface area contributed by atoms with Crippen LogP contribution in [0.15, 0.2) is 46.9 Å². The van der Waals surface area contributed by atoms with Crippen molar-refractivity contribution in [2.45, 2.75) is 26.0 Å². The Morgan fingerprint density at radius 3 is 2.39 bits per heavy atom. The van der Waals surface area contributed by atoms with Gasteiger partial charge in [0.2, 0.25) is 0 Å². The van der Waals surface area contributed by atoms with Gasteiger partial charge in [-0.3, -0.25) is 4.79 Å². The lowest BCUT2D eigenvalue weighted by Gasteiger charge is -2.19. The zero-order valence-electron chi connectivity index (χ0n) is 12.6. The van der Waals surface area contributed by atoms with Crippen molar-refractivity contribution in [3.8, 4) is 5.75 Å². The molecule has 23 heavy (non-hydrogen) atoms. The molecule has 6 heteroatoms. The standard InChI is InChI=1S/C17H16BrF2NO2/c1-10(12-3-6-14(19)7-4-12)21-17(22)11(2)23-16-8-5-13(18)9-15(16)20/h3-11H,1-2H3,(H,21,22)/t10-,11+/m0/s1. The third-order valence-electron chi connectivity index (χ3n) is 3.30. The van der Waals surface area contributed by atoms with E-state index < -0.39 is 11.9 Å². The average Bonchev–Trinajstić information content (AvgIpc) is 2.50. The molecule has 0 aliphatic carbocycles. The number of ether oxygens (including phenoxy) is 1. The first-order chi connectivity index (χ1) is 10.9. The van der Waals surface area contributed by atoms with Crippen LogP contribution in [-0.4, -0.2) is 12.0 Å². The van der Waals surface area contributed by atoms with E-state index >= 15 is 0 Å². The molecule has 0 heterocycles. The third kappa shape index (κ3) is 4.76. The predicted molar refractivity (Wildman–Crippen MR) is 87.1 cm³/mol. The number of benzene rings is 2. The highest BCUT2D eigenvalue weighted by molar-refractivity contribution is 9.10. The Morgan fingerprint density at radius 1 is 1.13 bits per heavy atom. The zero-order valence-corrected chi connectivity index (χ0v) is 14.2. The Kier molecular flexibility index (Phi) is 5.71. The number of nitrogens with one attached hydrogen (secondary N) is 1. The van der Waals surface area contributed by atoms with Gasteiger partial charge in [0.15, 0.2) is 17.7 Å². The summed E-state index contributed by atoms with van der Waals surface area (Å²) in [6.07, 6.45) is -0.867. The van der Waals surface area contributed by atoms with E-state index in [0.717, 1.165) is 5.56 Å². The van der Waals surface area contributed by atoms with Gasteiger partial charge in [-0.25, -0.2) is 8.78 Å². The fraction of sp³-hybridized carbons (Fsp3) is 0.235. The fourth-order valence-electron chi connectivity index (χ4n) is 1.98. The van der Waals surface area contributed by atoms with Crippen molar-refractivity contribution in [3.05, 3.63) is 64.1 Å². The molecule has 0 unspecified atom stereocenters. The predicted octanol–water partition coefficient (Wildman–Crippen LogP) is 4.37. The summed E-state index contributed by atoms with van der Waals surface area (Å²) in [6.45, 7) is 3.31. The quantitative estimate of drug-likeness (QED) is 0.832. The molecule has 0 bridgehead atoms. The van der Waals surface area contributed by atoms with E-state index in [4.69, 9.17) is 4.74 Å². The van der Waals surface area contributed by atoms with Crippen LogP contribution >= 0.6 is 15.9 Å². The Labute approximate surface area is 141 Å². The maximum absolute atomic E-state index is 13.7. The molecule has 0 saturated carbocycles. The summed E-state index contributed by atoms with van der Waals surface area (Å²) in [7, 11) is 0.